The second kappa shape index (κ2) is 8.27. The minimum atomic E-state index is -0.826. The second-order valence-electron chi connectivity index (χ2n) is 5.92. The summed E-state index contributed by atoms with van der Waals surface area (Å²) in [6.07, 6.45) is 2.23. The molecule has 0 aromatic carbocycles. The Balaban J connectivity index is 2.07. The molecule has 0 saturated heterocycles. The van der Waals surface area contributed by atoms with Gasteiger partial charge in [0.25, 0.3) is 0 Å². The SMILES string of the molecule is CC(C)(C)N(CCCCCNCc1cccs1)C(=O)O. The number of unbranched alkanes of at least 4 members (excludes halogenated alkanes) is 2. The molecule has 1 aromatic rings. The summed E-state index contributed by atoms with van der Waals surface area (Å²) in [4.78, 5) is 14.0. The number of hydrogen-bond donors (Lipinski definition) is 2. The van der Waals surface area contributed by atoms with Gasteiger partial charge in [0.2, 0.25) is 0 Å². The van der Waals surface area contributed by atoms with Crippen LogP contribution in [0.15, 0.2) is 17.5 Å². The van der Waals surface area contributed by atoms with Gasteiger partial charge in [-0.1, -0.05) is 12.5 Å². The molecule has 1 rings (SSSR count). The van der Waals surface area contributed by atoms with Crippen molar-refractivity contribution in [2.75, 3.05) is 13.1 Å². The zero-order valence-corrected chi connectivity index (χ0v) is 13.5. The Morgan fingerprint density at radius 3 is 2.65 bits per heavy atom. The van der Waals surface area contributed by atoms with Crippen molar-refractivity contribution in [2.24, 2.45) is 0 Å². The third kappa shape index (κ3) is 6.39. The van der Waals surface area contributed by atoms with Crippen LogP contribution in [0.25, 0.3) is 0 Å². The van der Waals surface area contributed by atoms with Gasteiger partial charge in [0.1, 0.15) is 0 Å². The maximum atomic E-state index is 11.2. The number of nitrogens with one attached hydrogen (secondary N) is 1. The number of hydrogen-bond acceptors (Lipinski definition) is 3. The number of rotatable bonds is 8. The summed E-state index contributed by atoms with van der Waals surface area (Å²) >= 11 is 1.77. The lowest BCUT2D eigenvalue weighted by Crippen LogP contribution is -2.45. The van der Waals surface area contributed by atoms with Crippen LogP contribution in [0.5, 0.6) is 0 Å². The van der Waals surface area contributed by atoms with E-state index in [4.69, 9.17) is 0 Å². The first-order valence-corrected chi connectivity index (χ1v) is 8.03. The lowest BCUT2D eigenvalue weighted by molar-refractivity contribution is 0.0990. The Kier molecular flexibility index (Phi) is 7.02. The topological polar surface area (TPSA) is 52.6 Å². The molecule has 0 aliphatic rings. The highest BCUT2D eigenvalue weighted by Gasteiger charge is 2.24. The molecule has 0 bridgehead atoms. The molecular weight excluding hydrogens is 272 g/mol. The zero-order chi connectivity index (χ0) is 15.0. The molecule has 5 heteroatoms. The lowest BCUT2D eigenvalue weighted by Gasteiger charge is -2.33. The average molecular weight is 298 g/mol. The van der Waals surface area contributed by atoms with Gasteiger partial charge >= 0.3 is 6.09 Å². The van der Waals surface area contributed by atoms with Crippen molar-refractivity contribution in [1.29, 1.82) is 0 Å². The van der Waals surface area contributed by atoms with E-state index in [9.17, 15) is 9.90 Å². The van der Waals surface area contributed by atoms with E-state index in [1.165, 1.54) is 9.78 Å². The highest BCUT2D eigenvalue weighted by molar-refractivity contribution is 7.09. The quantitative estimate of drug-likeness (QED) is 0.718. The number of carboxylic acid groups (broad SMARTS) is 1. The maximum Gasteiger partial charge on any atom is 0.407 e. The minimum absolute atomic E-state index is 0.316. The van der Waals surface area contributed by atoms with Crippen molar-refractivity contribution in [3.05, 3.63) is 22.4 Å². The second-order valence-corrected chi connectivity index (χ2v) is 6.95. The Morgan fingerprint density at radius 1 is 1.35 bits per heavy atom. The molecule has 0 aliphatic carbocycles. The predicted molar refractivity (Wildman–Crippen MR) is 84.4 cm³/mol. The van der Waals surface area contributed by atoms with Crippen LogP contribution in [0.1, 0.15) is 44.9 Å². The van der Waals surface area contributed by atoms with E-state index in [-0.39, 0.29) is 5.54 Å². The van der Waals surface area contributed by atoms with E-state index in [1.54, 1.807) is 11.3 Å². The first kappa shape index (κ1) is 17.0. The van der Waals surface area contributed by atoms with Crippen LogP contribution >= 0.6 is 11.3 Å². The van der Waals surface area contributed by atoms with Crippen molar-refractivity contribution in [3.8, 4) is 0 Å². The highest BCUT2D eigenvalue weighted by Crippen LogP contribution is 2.14. The van der Waals surface area contributed by atoms with Gasteiger partial charge in [-0.3, -0.25) is 0 Å². The summed E-state index contributed by atoms with van der Waals surface area (Å²) < 4.78 is 0. The van der Waals surface area contributed by atoms with E-state index < -0.39 is 6.09 Å². The molecule has 0 aliphatic heterocycles. The summed E-state index contributed by atoms with van der Waals surface area (Å²) in [7, 11) is 0. The number of carbonyl (C=O) groups is 1. The molecule has 1 heterocycles. The van der Waals surface area contributed by atoms with Crippen LogP contribution < -0.4 is 5.32 Å². The molecule has 114 valence electrons. The van der Waals surface area contributed by atoms with Crippen molar-refractivity contribution >= 4 is 17.4 Å². The maximum absolute atomic E-state index is 11.2. The molecule has 0 atom stereocenters. The van der Waals surface area contributed by atoms with Gasteiger partial charge in [-0.2, -0.15) is 0 Å². The molecule has 0 saturated carbocycles. The van der Waals surface area contributed by atoms with Crippen LogP contribution in [-0.4, -0.2) is 34.7 Å². The van der Waals surface area contributed by atoms with Crippen LogP contribution in [0.4, 0.5) is 4.79 Å². The molecule has 0 spiro atoms. The van der Waals surface area contributed by atoms with E-state index in [0.717, 1.165) is 32.4 Å². The fourth-order valence-electron chi connectivity index (χ4n) is 2.04. The van der Waals surface area contributed by atoms with Crippen LogP contribution in [-0.2, 0) is 6.54 Å². The van der Waals surface area contributed by atoms with Crippen molar-refractivity contribution in [2.45, 2.75) is 52.1 Å². The lowest BCUT2D eigenvalue weighted by atomic mass is 10.1. The summed E-state index contributed by atoms with van der Waals surface area (Å²) in [5.41, 5.74) is -0.316. The van der Waals surface area contributed by atoms with Crippen LogP contribution in [0.3, 0.4) is 0 Å². The fourth-order valence-corrected chi connectivity index (χ4v) is 2.71. The predicted octanol–water partition coefficient (Wildman–Crippen LogP) is 3.79. The number of thiophene rings is 1. The van der Waals surface area contributed by atoms with Gasteiger partial charge in [-0.15, -0.1) is 11.3 Å². The molecule has 20 heavy (non-hydrogen) atoms. The molecule has 1 amide bonds. The minimum Gasteiger partial charge on any atom is -0.465 e. The van der Waals surface area contributed by atoms with Gasteiger partial charge in [-0.25, -0.2) is 4.79 Å². The third-order valence-corrected chi connectivity index (χ3v) is 4.03. The molecule has 4 nitrogen and oxygen atoms in total. The molecule has 2 N–H and O–H groups in total. The Labute approximate surface area is 125 Å². The van der Waals surface area contributed by atoms with E-state index in [0.29, 0.717) is 6.54 Å². The Hall–Kier alpha value is -1.07. The standard InChI is InChI=1S/C15H26N2O2S/c1-15(2,3)17(14(18)19)10-6-4-5-9-16-12-13-8-7-11-20-13/h7-8,11,16H,4-6,9-10,12H2,1-3H3,(H,18,19). The van der Waals surface area contributed by atoms with E-state index in [1.807, 2.05) is 20.8 Å². The molecule has 1 aromatic heterocycles. The van der Waals surface area contributed by atoms with Crippen molar-refractivity contribution < 1.29 is 9.90 Å². The van der Waals surface area contributed by atoms with Gasteiger partial charge < -0.3 is 15.3 Å². The average Bonchev–Trinajstić information content (AvgIpc) is 2.83. The summed E-state index contributed by atoms with van der Waals surface area (Å²) in [5, 5.41) is 14.7. The van der Waals surface area contributed by atoms with Crippen molar-refractivity contribution in [1.82, 2.24) is 10.2 Å². The first-order chi connectivity index (χ1) is 9.41. The van der Waals surface area contributed by atoms with Gasteiger partial charge in [0, 0.05) is 23.5 Å². The zero-order valence-electron chi connectivity index (χ0n) is 12.7. The van der Waals surface area contributed by atoms with Crippen molar-refractivity contribution in [3.63, 3.8) is 0 Å². The van der Waals surface area contributed by atoms with Crippen LogP contribution in [0.2, 0.25) is 0 Å². The largest absolute Gasteiger partial charge is 0.465 e. The fraction of sp³-hybridized carbons (Fsp3) is 0.667. The number of nitrogens with zero attached hydrogens (tertiary/aromatic N) is 1. The summed E-state index contributed by atoms with van der Waals surface area (Å²) in [5.74, 6) is 0. The first-order valence-electron chi connectivity index (χ1n) is 7.15. The van der Waals surface area contributed by atoms with E-state index >= 15 is 0 Å². The monoisotopic (exact) mass is 298 g/mol. The Bertz CT molecular complexity index is 385. The van der Waals surface area contributed by atoms with Crippen LogP contribution in [0, 0.1) is 0 Å². The molecular formula is C15H26N2O2S. The van der Waals surface area contributed by atoms with E-state index in [2.05, 4.69) is 22.8 Å². The summed E-state index contributed by atoms with van der Waals surface area (Å²) in [6.45, 7) is 8.34. The smallest absolute Gasteiger partial charge is 0.407 e. The normalized spacial score (nSPS) is 11.6. The van der Waals surface area contributed by atoms with Gasteiger partial charge in [0.05, 0.1) is 0 Å². The third-order valence-electron chi connectivity index (χ3n) is 3.16. The molecule has 0 radical (unpaired) electrons. The molecule has 0 fully saturated rings. The highest BCUT2D eigenvalue weighted by atomic mass is 32.1. The Morgan fingerprint density at radius 2 is 2.10 bits per heavy atom. The number of amides is 1. The van der Waals surface area contributed by atoms with Gasteiger partial charge in [0.15, 0.2) is 0 Å². The summed E-state index contributed by atoms with van der Waals surface area (Å²) in [6, 6.07) is 4.19. The van der Waals surface area contributed by atoms with Gasteiger partial charge in [-0.05, 0) is 51.6 Å². The molecule has 0 unspecified atom stereocenters.